The summed E-state index contributed by atoms with van der Waals surface area (Å²) in [5.74, 6) is -1.02. The van der Waals surface area contributed by atoms with E-state index in [1.807, 2.05) is 37.3 Å². The van der Waals surface area contributed by atoms with Gasteiger partial charge >= 0.3 is 6.43 Å². The molecule has 2 N–H and O–H groups in total. The second kappa shape index (κ2) is 13.8. The molecule has 0 fully saturated rings. The molecule has 3 aromatic rings. The fraction of sp³-hybridized carbons (Fsp3) is 0.286. The van der Waals surface area contributed by atoms with Crippen LogP contribution in [0.15, 0.2) is 79.2 Å². The molecule has 3 atom stereocenters. The van der Waals surface area contributed by atoms with Crippen LogP contribution < -0.4 is 10.5 Å². The number of benzene rings is 2. The van der Waals surface area contributed by atoms with Crippen molar-refractivity contribution in [1.82, 2.24) is 4.98 Å². The Hall–Kier alpha value is -3.59. The molecule has 0 aliphatic heterocycles. The number of pyridine rings is 1. The van der Waals surface area contributed by atoms with Gasteiger partial charge in [0.2, 0.25) is 0 Å². The average molecular weight is 553 g/mol. The van der Waals surface area contributed by atoms with Gasteiger partial charge in [0.15, 0.2) is 6.10 Å². The molecule has 5 nitrogen and oxygen atoms in total. The summed E-state index contributed by atoms with van der Waals surface area (Å²) < 4.78 is 62.1. The molecule has 0 aliphatic rings. The highest BCUT2D eigenvalue weighted by Crippen LogP contribution is 2.37. The Labute approximate surface area is 224 Å². The number of aromatic nitrogens is 1. The van der Waals surface area contributed by atoms with Crippen molar-refractivity contribution < 1.29 is 31.8 Å². The van der Waals surface area contributed by atoms with Gasteiger partial charge in [-0.1, -0.05) is 48.5 Å². The summed E-state index contributed by atoms with van der Waals surface area (Å²) in [4.78, 5) is 14.7. The number of alkyl halides is 3. The van der Waals surface area contributed by atoms with Crippen molar-refractivity contribution in [3.8, 4) is 5.75 Å². The summed E-state index contributed by atoms with van der Waals surface area (Å²) >= 11 is 5.95. The molecule has 0 bridgehead atoms. The quantitative estimate of drug-likeness (QED) is 0.222. The predicted molar refractivity (Wildman–Crippen MR) is 138 cm³/mol. The van der Waals surface area contributed by atoms with Crippen LogP contribution in [0.2, 0.25) is 5.02 Å². The van der Waals surface area contributed by atoms with E-state index in [0.29, 0.717) is 28.5 Å². The van der Waals surface area contributed by atoms with Crippen LogP contribution in [0.5, 0.6) is 5.75 Å². The Morgan fingerprint density at radius 1 is 1.13 bits per heavy atom. The van der Waals surface area contributed by atoms with Gasteiger partial charge in [-0.15, -0.1) is 0 Å². The van der Waals surface area contributed by atoms with E-state index in [4.69, 9.17) is 22.1 Å². The second-order valence-electron chi connectivity index (χ2n) is 8.70. The number of hydrogen-bond donors (Lipinski definition) is 1. The second-order valence-corrected chi connectivity index (χ2v) is 9.14. The van der Waals surface area contributed by atoms with Crippen molar-refractivity contribution in [1.29, 1.82) is 0 Å². The smallest absolute Gasteiger partial charge is 0.304 e. The monoisotopic (exact) mass is 552 g/mol. The summed E-state index contributed by atoms with van der Waals surface area (Å²) in [5.41, 5.74) is 5.97. The highest BCUT2D eigenvalue weighted by Gasteiger charge is 2.32. The Kier molecular flexibility index (Phi) is 11.1. The third-order valence-corrected chi connectivity index (χ3v) is 5.65. The molecular weight excluding hydrogens is 524 g/mol. The molecule has 3 rings (SSSR count). The Morgan fingerprint density at radius 2 is 1.79 bits per heavy atom. The number of rotatable bonds is 10. The van der Waals surface area contributed by atoms with Crippen molar-refractivity contribution in [3.05, 3.63) is 107 Å². The topological polar surface area (TPSA) is 74.4 Å². The number of primary amides is 1. The number of ether oxygens (including phenoxy) is 2. The lowest BCUT2D eigenvalue weighted by Gasteiger charge is -2.30. The number of hydrogen-bond acceptors (Lipinski definition) is 4. The molecule has 10 heteroatoms. The first-order chi connectivity index (χ1) is 17.8. The number of nitrogens with zero attached hydrogens (tertiary/aromatic N) is 1. The van der Waals surface area contributed by atoms with Crippen LogP contribution in [0.3, 0.4) is 0 Å². The fourth-order valence-corrected chi connectivity index (χ4v) is 3.65. The number of carbonyl (C=O) groups is 1. The predicted octanol–water partition coefficient (Wildman–Crippen LogP) is 6.77. The maximum absolute atomic E-state index is 14.3. The maximum Gasteiger partial charge on any atom is 0.304 e. The first kappa shape index (κ1) is 30.6. The van der Waals surface area contributed by atoms with Crippen LogP contribution in [0.1, 0.15) is 37.6 Å². The van der Waals surface area contributed by atoms with E-state index in [1.165, 1.54) is 18.3 Å². The molecule has 0 radical (unpaired) electrons. The van der Waals surface area contributed by atoms with Crippen molar-refractivity contribution in [2.24, 2.45) is 5.73 Å². The van der Waals surface area contributed by atoms with Crippen molar-refractivity contribution in [2.45, 2.75) is 51.5 Å². The minimum absolute atomic E-state index is 0.318. The zero-order valence-electron chi connectivity index (χ0n) is 21.1. The molecule has 0 saturated heterocycles. The lowest BCUT2D eigenvalue weighted by molar-refractivity contribution is -0.126. The summed E-state index contributed by atoms with van der Waals surface area (Å²) in [7, 11) is 0. The van der Waals surface area contributed by atoms with Crippen LogP contribution >= 0.6 is 11.6 Å². The minimum Gasteiger partial charge on any atom is -0.486 e. The van der Waals surface area contributed by atoms with Gasteiger partial charge in [0.1, 0.15) is 11.6 Å². The Balaban J connectivity index is 0.000000484. The largest absolute Gasteiger partial charge is 0.486 e. The molecule has 0 saturated carbocycles. The summed E-state index contributed by atoms with van der Waals surface area (Å²) in [6.45, 7) is 8.54. The first-order valence-electron chi connectivity index (χ1n) is 11.5. The molecule has 204 valence electrons. The average Bonchev–Trinajstić information content (AvgIpc) is 2.84. The SMILES string of the molecule is C=C(C)O[C@@H](C)C(N)=O.C[C@@](Cc1ccccc1)(c1cc(F)cc(OC(F)C(F)F)c1)c1ccc(Cl)cn1. The molecule has 1 unspecified atom stereocenters. The van der Waals surface area contributed by atoms with E-state index in [0.717, 1.165) is 11.6 Å². The maximum atomic E-state index is 14.3. The third kappa shape index (κ3) is 9.06. The van der Waals surface area contributed by atoms with Crippen LogP contribution in [0.4, 0.5) is 17.6 Å². The van der Waals surface area contributed by atoms with Gasteiger partial charge in [-0.2, -0.15) is 4.39 Å². The number of halogens is 5. The van der Waals surface area contributed by atoms with E-state index < -0.39 is 36.0 Å². The zero-order valence-corrected chi connectivity index (χ0v) is 21.9. The number of allylic oxidation sites excluding steroid dienone is 1. The number of amides is 1. The van der Waals surface area contributed by atoms with E-state index >= 15 is 0 Å². The van der Waals surface area contributed by atoms with E-state index in [1.54, 1.807) is 26.0 Å². The van der Waals surface area contributed by atoms with Gasteiger partial charge in [0, 0.05) is 17.7 Å². The highest BCUT2D eigenvalue weighted by atomic mass is 35.5. The number of nitrogens with two attached hydrogens (primary N) is 1. The third-order valence-electron chi connectivity index (χ3n) is 5.43. The molecule has 1 heterocycles. The van der Waals surface area contributed by atoms with Gasteiger partial charge in [0.05, 0.1) is 16.5 Å². The van der Waals surface area contributed by atoms with Crippen LogP contribution in [-0.2, 0) is 21.4 Å². The zero-order chi connectivity index (χ0) is 28.5. The van der Waals surface area contributed by atoms with Gasteiger partial charge in [-0.3, -0.25) is 9.78 Å². The van der Waals surface area contributed by atoms with Crippen molar-refractivity contribution in [2.75, 3.05) is 0 Å². The first-order valence-corrected chi connectivity index (χ1v) is 11.9. The summed E-state index contributed by atoms with van der Waals surface area (Å²) in [6.07, 6.45) is -4.85. The van der Waals surface area contributed by atoms with Gasteiger partial charge < -0.3 is 15.2 Å². The Morgan fingerprint density at radius 3 is 2.29 bits per heavy atom. The molecule has 0 spiro atoms. The molecule has 0 aliphatic carbocycles. The van der Waals surface area contributed by atoms with E-state index in [2.05, 4.69) is 16.3 Å². The molecule has 1 aromatic heterocycles. The van der Waals surface area contributed by atoms with Crippen LogP contribution in [-0.4, -0.2) is 29.8 Å². The normalized spacial score (nSPS) is 13.9. The van der Waals surface area contributed by atoms with Crippen LogP contribution in [0.25, 0.3) is 0 Å². The molecule has 1 amide bonds. The lowest BCUT2D eigenvalue weighted by atomic mass is 9.74. The van der Waals surface area contributed by atoms with Crippen LogP contribution in [0, 0.1) is 5.82 Å². The standard InChI is InChI=1S/C22H18ClF4NO.C6H11NO2/c1-22(12-14-5-3-2-4-6-14,19-8-7-16(23)13-28-19)15-9-17(24)11-18(10-15)29-21(27)20(25)26;1-4(2)9-5(3)6(7)8/h2-11,13,20-21H,12H2,1H3;5H,1H2,2-3H3,(H2,7,8)/t21?,22-;5-/m10/s1. The summed E-state index contributed by atoms with van der Waals surface area (Å²) in [6, 6.07) is 16.3. The summed E-state index contributed by atoms with van der Waals surface area (Å²) in [5, 5.41) is 0.441. The molecular formula is C28H29ClF4N2O3. The highest BCUT2D eigenvalue weighted by molar-refractivity contribution is 6.30. The van der Waals surface area contributed by atoms with Gasteiger partial charge in [-0.05, 0) is 62.6 Å². The van der Waals surface area contributed by atoms with Crippen molar-refractivity contribution >= 4 is 17.5 Å². The minimum atomic E-state index is -3.34. The number of carbonyl (C=O) groups excluding carboxylic acids is 1. The van der Waals surface area contributed by atoms with E-state index in [9.17, 15) is 22.4 Å². The van der Waals surface area contributed by atoms with E-state index in [-0.39, 0.29) is 5.75 Å². The fourth-order valence-electron chi connectivity index (χ4n) is 3.54. The van der Waals surface area contributed by atoms with Gasteiger partial charge in [-0.25, -0.2) is 13.2 Å². The molecule has 2 aromatic carbocycles. The molecule has 38 heavy (non-hydrogen) atoms. The Bertz CT molecular complexity index is 1210. The van der Waals surface area contributed by atoms with Gasteiger partial charge in [0.25, 0.3) is 12.3 Å². The van der Waals surface area contributed by atoms with Crippen molar-refractivity contribution in [3.63, 3.8) is 0 Å². The lowest BCUT2D eigenvalue weighted by Crippen LogP contribution is -2.28.